The van der Waals surface area contributed by atoms with Gasteiger partial charge in [-0.2, -0.15) is 0 Å². The molecule has 7 heteroatoms. The lowest BCUT2D eigenvalue weighted by Crippen LogP contribution is -2.44. The Hall–Kier alpha value is -1.79. The van der Waals surface area contributed by atoms with Crippen molar-refractivity contribution in [1.29, 1.82) is 0 Å². The van der Waals surface area contributed by atoms with E-state index in [0.717, 1.165) is 0 Å². The molecular weight excluding hydrogens is 238 g/mol. The summed E-state index contributed by atoms with van der Waals surface area (Å²) in [7, 11) is 3.17. The lowest BCUT2D eigenvalue weighted by atomic mass is 9.96. The van der Waals surface area contributed by atoms with Crippen LogP contribution in [0.2, 0.25) is 0 Å². The smallest absolute Gasteiger partial charge is 0.315 e. The lowest BCUT2D eigenvalue weighted by Gasteiger charge is -2.17. The zero-order valence-electron chi connectivity index (χ0n) is 11.2. The first-order valence-corrected chi connectivity index (χ1v) is 5.70. The highest BCUT2D eigenvalue weighted by atomic mass is 16.4. The van der Waals surface area contributed by atoms with Crippen LogP contribution in [0.15, 0.2) is 0 Å². The maximum Gasteiger partial charge on any atom is 0.315 e. The summed E-state index contributed by atoms with van der Waals surface area (Å²) in [5.41, 5.74) is 0. The average molecular weight is 259 g/mol. The molecule has 0 spiro atoms. The maximum atomic E-state index is 11.3. The topological polar surface area (TPSA) is 98.7 Å². The molecule has 0 saturated heterocycles. The predicted molar refractivity (Wildman–Crippen MR) is 66.1 cm³/mol. The minimum Gasteiger partial charge on any atom is -0.481 e. The quantitative estimate of drug-likeness (QED) is 0.611. The van der Waals surface area contributed by atoms with Gasteiger partial charge in [0.15, 0.2) is 0 Å². The van der Waals surface area contributed by atoms with Gasteiger partial charge in [0.25, 0.3) is 0 Å². The third kappa shape index (κ3) is 6.07. The van der Waals surface area contributed by atoms with Gasteiger partial charge in [0, 0.05) is 20.6 Å². The Labute approximate surface area is 107 Å². The van der Waals surface area contributed by atoms with Gasteiger partial charge in [0.05, 0.1) is 12.5 Å². The molecule has 3 N–H and O–H groups in total. The minimum absolute atomic E-state index is 0.0367. The molecule has 0 aliphatic rings. The molecule has 0 saturated carbocycles. The molecule has 3 amide bonds. The van der Waals surface area contributed by atoms with Crippen LogP contribution in [-0.4, -0.2) is 55.1 Å². The van der Waals surface area contributed by atoms with E-state index in [1.54, 1.807) is 27.9 Å². The van der Waals surface area contributed by atoms with Crippen molar-refractivity contribution in [3.63, 3.8) is 0 Å². The van der Waals surface area contributed by atoms with Crippen molar-refractivity contribution >= 4 is 17.9 Å². The second kappa shape index (κ2) is 7.52. The Morgan fingerprint density at radius 3 is 2.11 bits per heavy atom. The van der Waals surface area contributed by atoms with Gasteiger partial charge in [-0.25, -0.2) is 4.79 Å². The first-order chi connectivity index (χ1) is 8.25. The Morgan fingerprint density at radius 2 is 1.72 bits per heavy atom. The molecule has 0 radical (unpaired) electrons. The number of carboxylic acid groups (broad SMARTS) is 1. The van der Waals surface area contributed by atoms with Crippen LogP contribution in [-0.2, 0) is 9.59 Å². The zero-order valence-corrected chi connectivity index (χ0v) is 11.2. The molecule has 0 aromatic rings. The monoisotopic (exact) mass is 259 g/mol. The normalized spacial score (nSPS) is 11.8. The van der Waals surface area contributed by atoms with Gasteiger partial charge in [-0.05, 0) is 5.92 Å². The van der Waals surface area contributed by atoms with Crippen LogP contribution in [0.25, 0.3) is 0 Å². The number of amides is 3. The van der Waals surface area contributed by atoms with Crippen LogP contribution in [0.5, 0.6) is 0 Å². The number of hydrogen-bond acceptors (Lipinski definition) is 3. The van der Waals surface area contributed by atoms with Gasteiger partial charge in [0.2, 0.25) is 5.91 Å². The van der Waals surface area contributed by atoms with Gasteiger partial charge in [-0.1, -0.05) is 13.8 Å². The van der Waals surface area contributed by atoms with Gasteiger partial charge in [-0.3, -0.25) is 9.59 Å². The number of hydrogen-bond donors (Lipinski definition) is 3. The molecule has 7 nitrogen and oxygen atoms in total. The Kier molecular flexibility index (Phi) is 6.77. The maximum absolute atomic E-state index is 11.3. The number of rotatable bonds is 6. The third-order valence-electron chi connectivity index (χ3n) is 2.50. The molecule has 1 atom stereocenters. The number of urea groups is 1. The van der Waals surface area contributed by atoms with Crippen LogP contribution in [0.1, 0.15) is 13.8 Å². The molecule has 0 aliphatic carbocycles. The molecule has 0 bridgehead atoms. The Bertz CT molecular complexity index is 315. The summed E-state index contributed by atoms with van der Waals surface area (Å²) in [6.07, 6.45) is 0. The van der Waals surface area contributed by atoms with E-state index in [-0.39, 0.29) is 24.9 Å². The van der Waals surface area contributed by atoms with Crippen LogP contribution < -0.4 is 10.6 Å². The second-order valence-electron chi connectivity index (χ2n) is 4.54. The van der Waals surface area contributed by atoms with Gasteiger partial charge >= 0.3 is 12.0 Å². The standard InChI is InChI=1S/C11H21N3O4/c1-7(2)8(10(16)17)5-12-11(18)13-6-9(15)14(3)4/h7-8H,5-6H2,1-4H3,(H,16,17)(H2,12,13,18). The third-order valence-corrected chi connectivity index (χ3v) is 2.50. The number of likely N-dealkylation sites (N-methyl/N-ethyl adjacent to an activating group) is 1. The predicted octanol–water partition coefficient (Wildman–Crippen LogP) is -0.269. The van der Waals surface area contributed by atoms with Crippen molar-refractivity contribution in [1.82, 2.24) is 15.5 Å². The van der Waals surface area contributed by atoms with Gasteiger partial charge in [0.1, 0.15) is 0 Å². The molecule has 1 unspecified atom stereocenters. The highest BCUT2D eigenvalue weighted by molar-refractivity contribution is 5.83. The van der Waals surface area contributed by atoms with Crippen molar-refractivity contribution in [3.8, 4) is 0 Å². The molecule has 0 heterocycles. The summed E-state index contributed by atoms with van der Waals surface area (Å²) in [6.45, 7) is 3.47. The number of carbonyl (C=O) groups is 3. The number of nitrogens with one attached hydrogen (secondary N) is 2. The molecule has 18 heavy (non-hydrogen) atoms. The van der Waals surface area contributed by atoms with E-state index in [9.17, 15) is 14.4 Å². The van der Waals surface area contributed by atoms with Crippen LogP contribution in [0.4, 0.5) is 4.79 Å². The molecule has 0 fully saturated rings. The fourth-order valence-corrected chi connectivity index (χ4v) is 1.19. The first-order valence-electron chi connectivity index (χ1n) is 5.70. The SMILES string of the molecule is CC(C)C(CNC(=O)NCC(=O)N(C)C)C(=O)O. The average Bonchev–Trinajstić information content (AvgIpc) is 2.24. The summed E-state index contributed by atoms with van der Waals surface area (Å²) in [6, 6.07) is -0.544. The fourth-order valence-electron chi connectivity index (χ4n) is 1.19. The molecule has 0 rings (SSSR count). The summed E-state index contributed by atoms with van der Waals surface area (Å²) < 4.78 is 0. The second-order valence-corrected chi connectivity index (χ2v) is 4.54. The number of aliphatic carboxylic acids is 1. The van der Waals surface area contributed by atoms with Crippen molar-refractivity contribution in [2.45, 2.75) is 13.8 Å². The molecule has 0 aromatic heterocycles. The summed E-state index contributed by atoms with van der Waals surface area (Å²) >= 11 is 0. The number of nitrogens with zero attached hydrogens (tertiary/aromatic N) is 1. The van der Waals surface area contributed by atoms with Crippen LogP contribution in [0, 0.1) is 11.8 Å². The molecular formula is C11H21N3O4. The van der Waals surface area contributed by atoms with E-state index in [0.29, 0.717) is 0 Å². The van der Waals surface area contributed by atoms with Crippen molar-refractivity contribution in [3.05, 3.63) is 0 Å². The lowest BCUT2D eigenvalue weighted by molar-refractivity contribution is -0.143. The van der Waals surface area contributed by atoms with E-state index in [2.05, 4.69) is 10.6 Å². The van der Waals surface area contributed by atoms with Crippen molar-refractivity contribution < 1.29 is 19.5 Å². The Balaban J connectivity index is 4.03. The molecule has 0 aliphatic heterocycles. The number of carboxylic acids is 1. The van der Waals surface area contributed by atoms with E-state index in [4.69, 9.17) is 5.11 Å². The van der Waals surface area contributed by atoms with E-state index in [1.165, 1.54) is 4.90 Å². The summed E-state index contributed by atoms with van der Waals surface area (Å²) in [4.78, 5) is 34.8. The molecule has 104 valence electrons. The number of carbonyl (C=O) groups excluding carboxylic acids is 2. The van der Waals surface area contributed by atoms with Gasteiger partial charge in [-0.15, -0.1) is 0 Å². The van der Waals surface area contributed by atoms with E-state index in [1.807, 2.05) is 0 Å². The fraction of sp³-hybridized carbons (Fsp3) is 0.727. The van der Waals surface area contributed by atoms with Crippen LogP contribution >= 0.6 is 0 Å². The Morgan fingerprint density at radius 1 is 1.17 bits per heavy atom. The van der Waals surface area contributed by atoms with E-state index >= 15 is 0 Å². The molecule has 0 aromatic carbocycles. The van der Waals surface area contributed by atoms with Gasteiger partial charge < -0.3 is 20.6 Å². The minimum atomic E-state index is -0.949. The van der Waals surface area contributed by atoms with E-state index < -0.39 is 17.9 Å². The summed E-state index contributed by atoms with van der Waals surface area (Å²) in [5.74, 6) is -1.90. The first kappa shape index (κ1) is 16.2. The highest BCUT2D eigenvalue weighted by Gasteiger charge is 2.21. The van der Waals surface area contributed by atoms with Crippen molar-refractivity contribution in [2.24, 2.45) is 11.8 Å². The van der Waals surface area contributed by atoms with Crippen molar-refractivity contribution in [2.75, 3.05) is 27.2 Å². The summed E-state index contributed by atoms with van der Waals surface area (Å²) in [5, 5.41) is 13.7. The highest BCUT2D eigenvalue weighted by Crippen LogP contribution is 2.09. The largest absolute Gasteiger partial charge is 0.481 e. The van der Waals surface area contributed by atoms with Crippen LogP contribution in [0.3, 0.4) is 0 Å². The zero-order chi connectivity index (χ0) is 14.3.